The highest BCUT2D eigenvalue weighted by atomic mass is 32.1. The third-order valence-electron chi connectivity index (χ3n) is 3.44. The molecule has 1 aromatic carbocycles. The van der Waals surface area contributed by atoms with E-state index in [2.05, 4.69) is 39.7 Å². The zero-order chi connectivity index (χ0) is 12.7. The molecule has 0 spiro atoms. The fourth-order valence-electron chi connectivity index (χ4n) is 2.51. The van der Waals surface area contributed by atoms with E-state index in [0.29, 0.717) is 0 Å². The molecule has 1 N–H and O–H groups in total. The Bertz CT molecular complexity index is 714. The number of benzene rings is 1. The van der Waals surface area contributed by atoms with Crippen molar-refractivity contribution in [1.29, 1.82) is 0 Å². The minimum atomic E-state index is 0.808. The quantitative estimate of drug-likeness (QED) is 0.774. The Hall–Kier alpha value is -1.72. The molecule has 0 saturated heterocycles. The van der Waals surface area contributed by atoms with Crippen molar-refractivity contribution in [3.8, 4) is 0 Å². The molecule has 4 rings (SSSR count). The number of hydrogen-bond donors (Lipinski definition) is 1. The molecule has 0 aliphatic carbocycles. The summed E-state index contributed by atoms with van der Waals surface area (Å²) in [6.45, 7) is 1.99. The lowest BCUT2D eigenvalue weighted by Gasteiger charge is -2.11. The maximum absolute atomic E-state index is 4.67. The van der Waals surface area contributed by atoms with E-state index >= 15 is 0 Å². The van der Waals surface area contributed by atoms with E-state index < -0.39 is 0 Å². The van der Waals surface area contributed by atoms with Gasteiger partial charge in [0.15, 0.2) is 5.82 Å². The molecule has 19 heavy (non-hydrogen) atoms. The number of nitrogens with one attached hydrogen (secondary N) is 1. The molecule has 0 bridgehead atoms. The molecule has 96 valence electrons. The van der Waals surface area contributed by atoms with Gasteiger partial charge in [0.2, 0.25) is 4.96 Å². The van der Waals surface area contributed by atoms with Crippen molar-refractivity contribution in [1.82, 2.24) is 19.9 Å². The van der Waals surface area contributed by atoms with Crippen LogP contribution in [0.4, 0.5) is 0 Å². The van der Waals surface area contributed by atoms with Crippen LogP contribution in [-0.4, -0.2) is 21.1 Å². The molecular weight excluding hydrogens is 256 g/mol. The third kappa shape index (κ3) is 1.95. The number of fused-ring (bicyclic) bond motifs is 3. The Morgan fingerprint density at radius 2 is 2.16 bits per heavy atom. The van der Waals surface area contributed by atoms with Crippen LogP contribution in [0.5, 0.6) is 0 Å². The second-order valence-electron chi connectivity index (χ2n) is 4.78. The first-order valence-corrected chi connectivity index (χ1v) is 7.32. The summed E-state index contributed by atoms with van der Waals surface area (Å²) in [6.07, 6.45) is 1.85. The summed E-state index contributed by atoms with van der Waals surface area (Å²) in [5.41, 5.74) is 2.60. The number of thiazole rings is 1. The molecule has 0 amide bonds. The molecule has 0 radical (unpaired) electrons. The van der Waals surface area contributed by atoms with Crippen molar-refractivity contribution in [3.63, 3.8) is 0 Å². The Kier molecular flexibility index (Phi) is 2.60. The monoisotopic (exact) mass is 270 g/mol. The second kappa shape index (κ2) is 4.43. The summed E-state index contributed by atoms with van der Waals surface area (Å²) < 4.78 is 2.04. The molecular formula is C14H14N4S. The van der Waals surface area contributed by atoms with Gasteiger partial charge in [-0.25, -0.2) is 9.50 Å². The highest BCUT2D eigenvalue weighted by Crippen LogP contribution is 2.24. The molecule has 3 aromatic rings. The van der Waals surface area contributed by atoms with Gasteiger partial charge in [0.1, 0.15) is 0 Å². The largest absolute Gasteiger partial charge is 0.311 e. The molecule has 0 atom stereocenters. The van der Waals surface area contributed by atoms with E-state index in [1.165, 1.54) is 16.1 Å². The zero-order valence-corrected chi connectivity index (χ0v) is 11.3. The van der Waals surface area contributed by atoms with Crippen molar-refractivity contribution < 1.29 is 0 Å². The van der Waals surface area contributed by atoms with Crippen LogP contribution in [-0.2, 0) is 19.4 Å². The minimum absolute atomic E-state index is 0.808. The standard InChI is InChI=1S/C14H14N4S/c1-2-4-10(5-3-1)8-13-16-14-18(17-13)11-6-7-15-9-12(11)19-14/h1-5,15H,6-9H2. The average Bonchev–Trinajstić information content (AvgIpc) is 2.97. The minimum Gasteiger partial charge on any atom is -0.311 e. The molecule has 1 aliphatic heterocycles. The van der Waals surface area contributed by atoms with E-state index in [-0.39, 0.29) is 0 Å². The van der Waals surface area contributed by atoms with Crippen LogP contribution in [0.2, 0.25) is 0 Å². The molecule has 5 heteroatoms. The smallest absolute Gasteiger partial charge is 0.212 e. The van der Waals surface area contributed by atoms with Gasteiger partial charge in [-0.15, -0.1) is 5.10 Å². The van der Waals surface area contributed by atoms with E-state index in [4.69, 9.17) is 0 Å². The van der Waals surface area contributed by atoms with Gasteiger partial charge < -0.3 is 5.32 Å². The fourth-order valence-corrected chi connectivity index (χ4v) is 3.60. The topological polar surface area (TPSA) is 42.2 Å². The van der Waals surface area contributed by atoms with Crippen molar-refractivity contribution in [2.45, 2.75) is 19.4 Å². The summed E-state index contributed by atoms with van der Waals surface area (Å²) >= 11 is 1.76. The van der Waals surface area contributed by atoms with Gasteiger partial charge in [-0.05, 0) is 5.56 Å². The summed E-state index contributed by atoms with van der Waals surface area (Å²) in [5.74, 6) is 0.916. The van der Waals surface area contributed by atoms with Crippen LogP contribution >= 0.6 is 11.3 Å². The van der Waals surface area contributed by atoms with E-state index in [1.807, 2.05) is 10.6 Å². The third-order valence-corrected chi connectivity index (χ3v) is 4.52. The van der Waals surface area contributed by atoms with Crippen molar-refractivity contribution in [3.05, 3.63) is 52.3 Å². The summed E-state index contributed by atoms with van der Waals surface area (Å²) in [6, 6.07) is 10.4. The van der Waals surface area contributed by atoms with Crippen molar-refractivity contribution >= 4 is 16.3 Å². The molecule has 0 fully saturated rings. The molecule has 3 heterocycles. The second-order valence-corrected chi connectivity index (χ2v) is 5.85. The first-order chi connectivity index (χ1) is 9.40. The van der Waals surface area contributed by atoms with Gasteiger partial charge in [-0.2, -0.15) is 0 Å². The van der Waals surface area contributed by atoms with Crippen LogP contribution in [0.15, 0.2) is 30.3 Å². The highest BCUT2D eigenvalue weighted by molar-refractivity contribution is 7.17. The van der Waals surface area contributed by atoms with Gasteiger partial charge in [0, 0.05) is 30.8 Å². The van der Waals surface area contributed by atoms with Crippen LogP contribution in [0.1, 0.15) is 22.0 Å². The number of nitrogens with zero attached hydrogens (tertiary/aromatic N) is 3. The predicted molar refractivity (Wildman–Crippen MR) is 75.5 cm³/mol. The van der Waals surface area contributed by atoms with E-state index in [0.717, 1.165) is 36.7 Å². The van der Waals surface area contributed by atoms with Crippen molar-refractivity contribution in [2.24, 2.45) is 0 Å². The number of aromatic nitrogens is 3. The van der Waals surface area contributed by atoms with Gasteiger partial charge in [0.05, 0.1) is 5.69 Å². The number of rotatable bonds is 2. The van der Waals surface area contributed by atoms with E-state index in [9.17, 15) is 0 Å². The molecule has 0 saturated carbocycles. The lowest BCUT2D eigenvalue weighted by atomic mass is 10.1. The van der Waals surface area contributed by atoms with Crippen LogP contribution < -0.4 is 5.32 Å². The normalized spacial score (nSPS) is 14.7. The summed E-state index contributed by atoms with van der Waals surface area (Å²) in [5, 5.41) is 8.06. The van der Waals surface area contributed by atoms with E-state index in [1.54, 1.807) is 11.3 Å². The fraction of sp³-hybridized carbons (Fsp3) is 0.286. The lowest BCUT2D eigenvalue weighted by molar-refractivity contribution is 0.627. The highest BCUT2D eigenvalue weighted by Gasteiger charge is 2.18. The molecule has 0 unspecified atom stereocenters. The molecule has 2 aromatic heterocycles. The van der Waals surface area contributed by atoms with Crippen LogP contribution in [0.3, 0.4) is 0 Å². The maximum Gasteiger partial charge on any atom is 0.212 e. The average molecular weight is 270 g/mol. The predicted octanol–water partition coefficient (Wildman–Crippen LogP) is 2.03. The van der Waals surface area contributed by atoms with Gasteiger partial charge in [-0.1, -0.05) is 41.7 Å². The van der Waals surface area contributed by atoms with Crippen LogP contribution in [0, 0.1) is 0 Å². The van der Waals surface area contributed by atoms with Gasteiger partial charge in [0.25, 0.3) is 0 Å². The van der Waals surface area contributed by atoms with Gasteiger partial charge >= 0.3 is 0 Å². The zero-order valence-electron chi connectivity index (χ0n) is 10.5. The SMILES string of the molecule is c1ccc(Cc2nc3sc4c(n3n2)CCNC4)cc1. The Balaban J connectivity index is 1.71. The van der Waals surface area contributed by atoms with Crippen LogP contribution in [0.25, 0.3) is 4.96 Å². The summed E-state index contributed by atoms with van der Waals surface area (Å²) in [7, 11) is 0. The van der Waals surface area contributed by atoms with Gasteiger partial charge in [-0.3, -0.25) is 0 Å². The van der Waals surface area contributed by atoms with Crippen molar-refractivity contribution in [2.75, 3.05) is 6.54 Å². The Morgan fingerprint density at radius 1 is 1.26 bits per heavy atom. The Morgan fingerprint density at radius 3 is 3.05 bits per heavy atom. The first-order valence-electron chi connectivity index (χ1n) is 6.51. The molecule has 1 aliphatic rings. The number of hydrogen-bond acceptors (Lipinski definition) is 4. The lowest BCUT2D eigenvalue weighted by Crippen LogP contribution is -2.23. The first kappa shape index (κ1) is 11.1. The Labute approximate surface area is 115 Å². The maximum atomic E-state index is 4.67. The summed E-state index contributed by atoms with van der Waals surface area (Å²) in [4.78, 5) is 7.06. The molecule has 4 nitrogen and oxygen atoms in total.